The number of nitrogens with one attached hydrogen (secondary N) is 1. The fourth-order valence-electron chi connectivity index (χ4n) is 4.08. The van der Waals surface area contributed by atoms with Crippen LogP contribution in [0.15, 0.2) is 77.7 Å². The summed E-state index contributed by atoms with van der Waals surface area (Å²) in [4.78, 5) is 28.6. The maximum absolute atomic E-state index is 14.0. The number of anilines is 1. The zero-order chi connectivity index (χ0) is 28.7. The highest BCUT2D eigenvalue weighted by atomic mass is 32.2. The summed E-state index contributed by atoms with van der Waals surface area (Å²) < 4.78 is 28.8. The molecule has 208 valence electrons. The zero-order valence-corrected chi connectivity index (χ0v) is 24.5. The SMILES string of the molecule is Cc1ccc(N(CC(=O)N(Cc2ccccc2C)C(C)C(=O)NCC(C)C)S(=O)(=O)c2ccc(C)cc2)cc1. The largest absolute Gasteiger partial charge is 0.354 e. The van der Waals surface area contributed by atoms with Gasteiger partial charge in [0.1, 0.15) is 12.6 Å². The molecule has 0 saturated heterocycles. The lowest BCUT2D eigenvalue weighted by Gasteiger charge is -2.32. The van der Waals surface area contributed by atoms with Crippen LogP contribution in [0.1, 0.15) is 43.0 Å². The van der Waals surface area contributed by atoms with Crippen LogP contribution in [-0.4, -0.2) is 44.3 Å². The summed E-state index contributed by atoms with van der Waals surface area (Å²) in [5.41, 5.74) is 4.14. The highest BCUT2D eigenvalue weighted by molar-refractivity contribution is 7.92. The molecule has 3 aromatic rings. The fraction of sp³-hybridized carbons (Fsp3) is 0.355. The van der Waals surface area contributed by atoms with E-state index in [-0.39, 0.29) is 23.3 Å². The smallest absolute Gasteiger partial charge is 0.264 e. The van der Waals surface area contributed by atoms with Crippen molar-refractivity contribution < 1.29 is 18.0 Å². The Morgan fingerprint density at radius 2 is 1.38 bits per heavy atom. The predicted octanol–water partition coefficient (Wildman–Crippen LogP) is 5.00. The van der Waals surface area contributed by atoms with E-state index in [1.54, 1.807) is 43.3 Å². The van der Waals surface area contributed by atoms with Gasteiger partial charge in [-0.2, -0.15) is 0 Å². The van der Waals surface area contributed by atoms with Crippen molar-refractivity contribution in [1.29, 1.82) is 0 Å². The van der Waals surface area contributed by atoms with Crippen molar-refractivity contribution in [2.24, 2.45) is 5.92 Å². The minimum Gasteiger partial charge on any atom is -0.354 e. The Bertz CT molecular complexity index is 1380. The van der Waals surface area contributed by atoms with Crippen LogP contribution in [-0.2, 0) is 26.2 Å². The normalized spacial score (nSPS) is 12.2. The summed E-state index contributed by atoms with van der Waals surface area (Å²) in [5.74, 6) is -0.506. The van der Waals surface area contributed by atoms with Crippen LogP contribution in [0.25, 0.3) is 0 Å². The monoisotopic (exact) mass is 549 g/mol. The molecule has 3 rings (SSSR count). The Morgan fingerprint density at radius 1 is 0.821 bits per heavy atom. The van der Waals surface area contributed by atoms with Crippen molar-refractivity contribution in [3.63, 3.8) is 0 Å². The first-order valence-electron chi connectivity index (χ1n) is 13.2. The number of carbonyl (C=O) groups is 2. The van der Waals surface area contributed by atoms with E-state index < -0.39 is 28.5 Å². The Labute approximate surface area is 232 Å². The van der Waals surface area contributed by atoms with Gasteiger partial charge in [-0.05, 0) is 69.0 Å². The molecule has 0 radical (unpaired) electrons. The fourth-order valence-corrected chi connectivity index (χ4v) is 5.50. The Kier molecular flexibility index (Phi) is 9.92. The van der Waals surface area contributed by atoms with Crippen molar-refractivity contribution in [2.45, 2.75) is 59.0 Å². The van der Waals surface area contributed by atoms with Crippen molar-refractivity contribution in [3.05, 3.63) is 95.1 Å². The van der Waals surface area contributed by atoms with Gasteiger partial charge in [-0.25, -0.2) is 8.42 Å². The molecule has 0 fully saturated rings. The summed E-state index contributed by atoms with van der Waals surface area (Å²) in [7, 11) is -4.08. The molecular formula is C31H39N3O4S. The summed E-state index contributed by atoms with van der Waals surface area (Å²) in [6, 6.07) is 20.4. The van der Waals surface area contributed by atoms with Crippen LogP contribution in [0.4, 0.5) is 5.69 Å². The van der Waals surface area contributed by atoms with Gasteiger partial charge in [-0.1, -0.05) is 73.5 Å². The zero-order valence-electron chi connectivity index (χ0n) is 23.6. The number of nitrogens with zero attached hydrogens (tertiary/aromatic N) is 2. The van der Waals surface area contributed by atoms with Crippen molar-refractivity contribution in [1.82, 2.24) is 10.2 Å². The topological polar surface area (TPSA) is 86.8 Å². The molecule has 8 heteroatoms. The van der Waals surface area contributed by atoms with Gasteiger partial charge in [0, 0.05) is 13.1 Å². The van der Waals surface area contributed by atoms with E-state index in [0.717, 1.165) is 26.6 Å². The second-order valence-electron chi connectivity index (χ2n) is 10.4. The second kappa shape index (κ2) is 12.9. The Morgan fingerprint density at radius 3 is 1.95 bits per heavy atom. The molecule has 0 aromatic heterocycles. The number of carbonyl (C=O) groups excluding carboxylic acids is 2. The van der Waals surface area contributed by atoms with Crippen LogP contribution < -0.4 is 9.62 Å². The lowest BCUT2D eigenvalue weighted by molar-refractivity contribution is -0.139. The molecule has 0 aliphatic heterocycles. The van der Waals surface area contributed by atoms with Crippen LogP contribution in [0.3, 0.4) is 0 Å². The van der Waals surface area contributed by atoms with Crippen molar-refractivity contribution in [3.8, 4) is 0 Å². The third-order valence-electron chi connectivity index (χ3n) is 6.66. The molecule has 0 aliphatic carbocycles. The molecular weight excluding hydrogens is 510 g/mol. The summed E-state index contributed by atoms with van der Waals surface area (Å²) in [6.07, 6.45) is 0. The molecule has 0 bridgehead atoms. The number of amides is 2. The quantitative estimate of drug-likeness (QED) is 0.365. The van der Waals surface area contributed by atoms with E-state index in [1.165, 1.54) is 4.90 Å². The minimum atomic E-state index is -4.08. The molecule has 7 nitrogen and oxygen atoms in total. The summed E-state index contributed by atoms with van der Waals surface area (Å²) >= 11 is 0. The number of sulfonamides is 1. The van der Waals surface area contributed by atoms with E-state index in [2.05, 4.69) is 5.32 Å². The summed E-state index contributed by atoms with van der Waals surface area (Å²) in [5, 5.41) is 2.91. The average molecular weight is 550 g/mol. The van der Waals surface area contributed by atoms with Crippen molar-refractivity contribution in [2.75, 3.05) is 17.4 Å². The molecule has 1 atom stereocenters. The molecule has 0 spiro atoms. The van der Waals surface area contributed by atoms with Crippen molar-refractivity contribution >= 4 is 27.5 Å². The molecule has 0 saturated carbocycles. The Hall–Kier alpha value is -3.65. The average Bonchev–Trinajstić information content (AvgIpc) is 2.90. The first-order valence-corrected chi connectivity index (χ1v) is 14.6. The van der Waals surface area contributed by atoms with E-state index in [1.807, 2.05) is 71.0 Å². The maximum atomic E-state index is 14.0. The molecule has 1 N–H and O–H groups in total. The van der Waals surface area contributed by atoms with E-state index in [4.69, 9.17) is 0 Å². The van der Waals surface area contributed by atoms with Gasteiger partial charge in [0.2, 0.25) is 11.8 Å². The Balaban J connectivity index is 2.01. The molecule has 2 amide bonds. The predicted molar refractivity (Wildman–Crippen MR) is 156 cm³/mol. The lowest BCUT2D eigenvalue weighted by atomic mass is 10.1. The van der Waals surface area contributed by atoms with Crippen LogP contribution in [0, 0.1) is 26.7 Å². The van der Waals surface area contributed by atoms with Gasteiger partial charge < -0.3 is 10.2 Å². The second-order valence-corrected chi connectivity index (χ2v) is 12.3. The van der Waals surface area contributed by atoms with Gasteiger partial charge >= 0.3 is 0 Å². The third-order valence-corrected chi connectivity index (χ3v) is 8.45. The molecule has 3 aromatic carbocycles. The van der Waals surface area contributed by atoms with E-state index in [0.29, 0.717) is 12.2 Å². The van der Waals surface area contributed by atoms with Gasteiger partial charge in [-0.3, -0.25) is 13.9 Å². The van der Waals surface area contributed by atoms with Gasteiger partial charge in [0.15, 0.2) is 0 Å². The highest BCUT2D eigenvalue weighted by Crippen LogP contribution is 2.25. The lowest BCUT2D eigenvalue weighted by Crippen LogP contribution is -2.51. The van der Waals surface area contributed by atoms with Gasteiger partial charge in [-0.15, -0.1) is 0 Å². The number of benzene rings is 3. The first kappa shape index (κ1) is 29.9. The summed E-state index contributed by atoms with van der Waals surface area (Å²) in [6.45, 7) is 11.6. The third kappa shape index (κ3) is 7.69. The van der Waals surface area contributed by atoms with Gasteiger partial charge in [0.05, 0.1) is 10.6 Å². The molecule has 0 heterocycles. The number of hydrogen-bond acceptors (Lipinski definition) is 4. The minimum absolute atomic E-state index is 0.0923. The van der Waals surface area contributed by atoms with E-state index >= 15 is 0 Å². The first-order chi connectivity index (χ1) is 18.4. The van der Waals surface area contributed by atoms with E-state index in [9.17, 15) is 18.0 Å². The highest BCUT2D eigenvalue weighted by Gasteiger charge is 2.32. The number of rotatable bonds is 11. The van der Waals surface area contributed by atoms with Gasteiger partial charge in [0.25, 0.3) is 10.0 Å². The molecule has 39 heavy (non-hydrogen) atoms. The van der Waals surface area contributed by atoms with Crippen LogP contribution in [0.2, 0.25) is 0 Å². The number of hydrogen-bond donors (Lipinski definition) is 1. The molecule has 0 aliphatic rings. The number of aryl methyl sites for hydroxylation is 3. The van der Waals surface area contributed by atoms with Crippen LogP contribution >= 0.6 is 0 Å². The maximum Gasteiger partial charge on any atom is 0.264 e. The standard InChI is InChI=1S/C31H39N3O4S/c1-22(2)19-32-31(36)26(6)33(20-27-10-8-7-9-25(27)5)30(35)21-34(28-15-11-23(3)12-16-28)39(37,38)29-17-13-24(4)14-18-29/h7-18,22,26H,19-21H2,1-6H3,(H,32,36). The van der Waals surface area contributed by atoms with Crippen LogP contribution in [0.5, 0.6) is 0 Å². The molecule has 1 unspecified atom stereocenters.